The van der Waals surface area contributed by atoms with E-state index < -0.39 is 11.7 Å². The van der Waals surface area contributed by atoms with E-state index >= 15 is 0 Å². The Labute approximate surface area is 172 Å². The van der Waals surface area contributed by atoms with Crippen LogP contribution < -0.4 is 10.6 Å². The first-order valence-electron chi connectivity index (χ1n) is 9.07. The molecular formula is C20H21Cl2FN4O. The molecule has 2 N–H and O–H groups in total. The molecule has 1 amide bonds. The van der Waals surface area contributed by atoms with Gasteiger partial charge in [0, 0.05) is 19.7 Å². The van der Waals surface area contributed by atoms with Crippen molar-refractivity contribution in [3.8, 4) is 0 Å². The number of aromatic nitrogens is 2. The third-order valence-corrected chi connectivity index (χ3v) is 5.11. The number of aryl methyl sites for hydroxylation is 1. The predicted molar refractivity (Wildman–Crippen MR) is 112 cm³/mol. The maximum absolute atomic E-state index is 14.5. The molecule has 5 nitrogen and oxygen atoms in total. The lowest BCUT2D eigenvalue weighted by Crippen LogP contribution is -2.25. The van der Waals surface area contributed by atoms with Crippen LogP contribution in [0.3, 0.4) is 0 Å². The number of hydrogen-bond acceptors (Lipinski definition) is 3. The maximum atomic E-state index is 14.5. The minimum atomic E-state index is -0.592. The summed E-state index contributed by atoms with van der Waals surface area (Å²) in [5.41, 5.74) is 1.53. The molecule has 0 radical (unpaired) electrons. The van der Waals surface area contributed by atoms with E-state index in [0.717, 1.165) is 19.3 Å². The highest BCUT2D eigenvalue weighted by molar-refractivity contribution is 6.39. The van der Waals surface area contributed by atoms with Gasteiger partial charge in [-0.1, -0.05) is 49.0 Å². The van der Waals surface area contributed by atoms with Crippen molar-refractivity contribution in [3.63, 3.8) is 0 Å². The van der Waals surface area contributed by atoms with Crippen molar-refractivity contribution in [2.75, 3.05) is 11.9 Å². The highest BCUT2D eigenvalue weighted by Crippen LogP contribution is 2.33. The van der Waals surface area contributed by atoms with Gasteiger partial charge in [0.2, 0.25) is 5.95 Å². The molecule has 3 rings (SSSR count). The fourth-order valence-corrected chi connectivity index (χ4v) is 3.39. The average molecular weight is 423 g/mol. The highest BCUT2D eigenvalue weighted by Gasteiger charge is 2.17. The quantitative estimate of drug-likeness (QED) is 0.481. The van der Waals surface area contributed by atoms with Crippen LogP contribution in [0, 0.1) is 5.82 Å². The van der Waals surface area contributed by atoms with Crippen molar-refractivity contribution in [1.29, 1.82) is 0 Å². The number of nitrogens with zero attached hydrogens (tertiary/aromatic N) is 2. The SMILES string of the molecule is CCCCCNC(=O)c1cc2nc(Nc3c(Cl)cccc3Cl)n(C)c2cc1F. The van der Waals surface area contributed by atoms with Crippen LogP contribution in [-0.2, 0) is 7.05 Å². The number of rotatable bonds is 7. The fraction of sp³-hybridized carbons (Fsp3) is 0.300. The Balaban J connectivity index is 1.90. The van der Waals surface area contributed by atoms with Crippen LogP contribution >= 0.6 is 23.2 Å². The zero-order chi connectivity index (χ0) is 20.3. The Morgan fingerprint density at radius 2 is 1.93 bits per heavy atom. The number of unbranched alkanes of at least 4 members (excludes halogenated alkanes) is 2. The number of amides is 1. The molecule has 1 heterocycles. The molecule has 3 aromatic rings. The molecule has 148 valence electrons. The first-order valence-corrected chi connectivity index (χ1v) is 9.83. The molecule has 0 spiro atoms. The monoisotopic (exact) mass is 422 g/mol. The number of nitrogens with one attached hydrogen (secondary N) is 2. The first-order chi connectivity index (χ1) is 13.4. The number of para-hydroxylation sites is 1. The lowest BCUT2D eigenvalue weighted by atomic mass is 10.1. The van der Waals surface area contributed by atoms with E-state index in [4.69, 9.17) is 23.2 Å². The van der Waals surface area contributed by atoms with Crippen LogP contribution in [0.15, 0.2) is 30.3 Å². The summed E-state index contributed by atoms with van der Waals surface area (Å²) in [6.07, 6.45) is 2.93. The minimum Gasteiger partial charge on any atom is -0.352 e. The van der Waals surface area contributed by atoms with Crippen LogP contribution in [0.25, 0.3) is 11.0 Å². The number of fused-ring (bicyclic) bond motifs is 1. The zero-order valence-corrected chi connectivity index (χ0v) is 17.2. The van der Waals surface area contributed by atoms with E-state index in [0.29, 0.717) is 39.3 Å². The van der Waals surface area contributed by atoms with E-state index in [-0.39, 0.29) is 5.56 Å². The van der Waals surface area contributed by atoms with Gasteiger partial charge in [0.15, 0.2) is 0 Å². The first kappa shape index (κ1) is 20.4. The molecule has 1 aromatic heterocycles. The summed E-state index contributed by atoms with van der Waals surface area (Å²) in [5.74, 6) is -0.597. The fourth-order valence-electron chi connectivity index (χ4n) is 2.90. The topological polar surface area (TPSA) is 59.0 Å². The number of benzene rings is 2. The second kappa shape index (κ2) is 8.80. The van der Waals surface area contributed by atoms with Crippen molar-refractivity contribution < 1.29 is 9.18 Å². The maximum Gasteiger partial charge on any atom is 0.254 e. The number of imidazole rings is 1. The largest absolute Gasteiger partial charge is 0.352 e. The highest BCUT2D eigenvalue weighted by atomic mass is 35.5. The van der Waals surface area contributed by atoms with Gasteiger partial charge in [-0.2, -0.15) is 0 Å². The lowest BCUT2D eigenvalue weighted by Gasteiger charge is -2.09. The molecule has 0 aliphatic heterocycles. The van der Waals surface area contributed by atoms with E-state index in [1.54, 1.807) is 29.8 Å². The Morgan fingerprint density at radius 3 is 2.61 bits per heavy atom. The van der Waals surface area contributed by atoms with Gasteiger partial charge in [-0.3, -0.25) is 4.79 Å². The molecule has 0 unspecified atom stereocenters. The summed E-state index contributed by atoms with van der Waals surface area (Å²) >= 11 is 12.4. The van der Waals surface area contributed by atoms with E-state index in [2.05, 4.69) is 22.5 Å². The Hall–Kier alpha value is -2.31. The van der Waals surface area contributed by atoms with Crippen LogP contribution in [0.4, 0.5) is 16.0 Å². The van der Waals surface area contributed by atoms with Gasteiger partial charge < -0.3 is 15.2 Å². The third-order valence-electron chi connectivity index (χ3n) is 4.48. The van der Waals surface area contributed by atoms with Gasteiger partial charge in [0.05, 0.1) is 32.3 Å². The lowest BCUT2D eigenvalue weighted by molar-refractivity contribution is 0.0949. The molecule has 0 saturated carbocycles. The summed E-state index contributed by atoms with van der Waals surface area (Å²) in [5, 5.41) is 6.72. The summed E-state index contributed by atoms with van der Waals surface area (Å²) in [7, 11) is 1.74. The van der Waals surface area contributed by atoms with Crippen molar-refractivity contribution in [2.45, 2.75) is 26.2 Å². The Morgan fingerprint density at radius 1 is 1.21 bits per heavy atom. The third kappa shape index (κ3) is 4.23. The second-order valence-electron chi connectivity index (χ2n) is 6.50. The smallest absolute Gasteiger partial charge is 0.254 e. The summed E-state index contributed by atoms with van der Waals surface area (Å²) in [4.78, 5) is 16.8. The molecular weight excluding hydrogens is 402 g/mol. The van der Waals surface area contributed by atoms with E-state index in [9.17, 15) is 9.18 Å². The van der Waals surface area contributed by atoms with Gasteiger partial charge >= 0.3 is 0 Å². The number of halogens is 3. The number of hydrogen-bond donors (Lipinski definition) is 2. The molecule has 0 aliphatic rings. The molecule has 8 heteroatoms. The van der Waals surface area contributed by atoms with Crippen molar-refractivity contribution >= 4 is 51.8 Å². The van der Waals surface area contributed by atoms with Gasteiger partial charge in [-0.05, 0) is 24.6 Å². The normalized spacial score (nSPS) is 11.0. The molecule has 0 aliphatic carbocycles. The molecule has 28 heavy (non-hydrogen) atoms. The zero-order valence-electron chi connectivity index (χ0n) is 15.7. The van der Waals surface area contributed by atoms with Crippen molar-refractivity contribution in [3.05, 3.63) is 51.8 Å². The molecule has 0 atom stereocenters. The van der Waals surface area contributed by atoms with Crippen molar-refractivity contribution in [2.24, 2.45) is 7.05 Å². The second-order valence-corrected chi connectivity index (χ2v) is 7.31. The molecule has 0 fully saturated rings. The van der Waals surface area contributed by atoms with Crippen LogP contribution in [0.2, 0.25) is 10.0 Å². The average Bonchev–Trinajstić information content (AvgIpc) is 2.96. The van der Waals surface area contributed by atoms with E-state index in [1.165, 1.54) is 12.1 Å². The predicted octanol–water partition coefficient (Wildman–Crippen LogP) is 5.68. The van der Waals surface area contributed by atoms with Gasteiger partial charge in [-0.25, -0.2) is 9.37 Å². The van der Waals surface area contributed by atoms with Gasteiger partial charge in [-0.15, -0.1) is 0 Å². The van der Waals surface area contributed by atoms with Crippen LogP contribution in [0.1, 0.15) is 36.5 Å². The summed E-state index contributed by atoms with van der Waals surface area (Å²) in [6.45, 7) is 2.60. The number of carbonyl (C=O) groups is 1. The molecule has 2 aromatic carbocycles. The Kier molecular flexibility index (Phi) is 6.42. The van der Waals surface area contributed by atoms with Gasteiger partial charge in [0.25, 0.3) is 5.91 Å². The standard InChI is InChI=1S/C20H21Cl2FN4O/c1-3-4-5-9-24-19(28)12-10-16-17(11-15(12)23)27(2)20(25-16)26-18-13(21)7-6-8-14(18)22/h6-8,10-11H,3-5,9H2,1-2H3,(H,24,28)(H,25,26). The summed E-state index contributed by atoms with van der Waals surface area (Å²) in [6, 6.07) is 7.92. The number of anilines is 2. The van der Waals surface area contributed by atoms with Gasteiger partial charge in [0.1, 0.15) is 5.82 Å². The van der Waals surface area contributed by atoms with Crippen molar-refractivity contribution in [1.82, 2.24) is 14.9 Å². The molecule has 0 saturated heterocycles. The van der Waals surface area contributed by atoms with E-state index in [1.807, 2.05) is 0 Å². The minimum absolute atomic E-state index is 0.0237. The number of carbonyl (C=O) groups excluding carboxylic acids is 1. The molecule has 0 bridgehead atoms. The Bertz CT molecular complexity index is 999. The summed E-state index contributed by atoms with van der Waals surface area (Å²) < 4.78 is 16.2. The van der Waals surface area contributed by atoms with Crippen LogP contribution in [-0.4, -0.2) is 22.0 Å². The van der Waals surface area contributed by atoms with Crippen LogP contribution in [0.5, 0.6) is 0 Å².